The van der Waals surface area contributed by atoms with Gasteiger partial charge in [0.15, 0.2) is 0 Å². The minimum Gasteiger partial charge on any atom is -0.321 e. The first-order chi connectivity index (χ1) is 10.1. The molecule has 3 rings (SSSR count). The Labute approximate surface area is 129 Å². The fourth-order valence-corrected chi connectivity index (χ4v) is 3.52. The molecule has 0 saturated carbocycles. The number of hydrogen-bond donors (Lipinski definition) is 1. The second-order valence-electron chi connectivity index (χ2n) is 5.91. The van der Waals surface area contributed by atoms with Gasteiger partial charge in [0.1, 0.15) is 5.82 Å². The Morgan fingerprint density at radius 3 is 2.76 bits per heavy atom. The van der Waals surface area contributed by atoms with Crippen LogP contribution in [-0.4, -0.2) is 0 Å². The molecular weight excluding hydrogens is 285 g/mol. The van der Waals surface area contributed by atoms with Crippen LogP contribution in [0.3, 0.4) is 0 Å². The molecule has 110 valence electrons. The topological polar surface area (TPSA) is 26.0 Å². The summed E-state index contributed by atoms with van der Waals surface area (Å²) in [5.41, 5.74) is 9.24. The van der Waals surface area contributed by atoms with Crippen LogP contribution >= 0.6 is 11.6 Å². The fraction of sp³-hybridized carbons (Fsp3) is 0.333. The Bertz CT molecular complexity index is 655. The van der Waals surface area contributed by atoms with E-state index in [4.69, 9.17) is 17.3 Å². The van der Waals surface area contributed by atoms with Crippen LogP contribution in [0.1, 0.15) is 36.0 Å². The number of aryl methyl sites for hydroxylation is 1. The molecule has 1 atom stereocenters. The van der Waals surface area contributed by atoms with E-state index in [1.54, 1.807) is 18.2 Å². The summed E-state index contributed by atoms with van der Waals surface area (Å²) in [4.78, 5) is 0. The summed E-state index contributed by atoms with van der Waals surface area (Å²) in [6.45, 7) is 0. The monoisotopic (exact) mass is 303 g/mol. The van der Waals surface area contributed by atoms with Gasteiger partial charge in [0.25, 0.3) is 0 Å². The lowest BCUT2D eigenvalue weighted by atomic mass is 9.80. The molecule has 0 heterocycles. The zero-order chi connectivity index (χ0) is 14.9. The van der Waals surface area contributed by atoms with Gasteiger partial charge in [0, 0.05) is 5.54 Å². The Kier molecular flexibility index (Phi) is 4.01. The Morgan fingerprint density at radius 1 is 1.10 bits per heavy atom. The van der Waals surface area contributed by atoms with Crippen molar-refractivity contribution in [3.8, 4) is 0 Å². The minimum absolute atomic E-state index is 0.165. The van der Waals surface area contributed by atoms with E-state index < -0.39 is 5.54 Å². The summed E-state index contributed by atoms with van der Waals surface area (Å²) in [6.07, 6.45) is 4.60. The van der Waals surface area contributed by atoms with Crippen LogP contribution in [0.4, 0.5) is 4.39 Å². The highest BCUT2D eigenvalue weighted by Crippen LogP contribution is 2.36. The maximum absolute atomic E-state index is 14.2. The summed E-state index contributed by atoms with van der Waals surface area (Å²) in [6, 6.07) is 13.4. The van der Waals surface area contributed by atoms with Gasteiger partial charge < -0.3 is 5.73 Å². The summed E-state index contributed by atoms with van der Waals surface area (Å²) >= 11 is 5.89. The molecule has 1 aliphatic carbocycles. The molecule has 0 bridgehead atoms. The molecule has 2 aromatic rings. The average Bonchev–Trinajstić information content (AvgIpc) is 2.64. The SMILES string of the molecule is NC1(Cc2cccc(Cl)c2F)CCCCc2ccccc21. The molecular formula is C18H19ClFN. The zero-order valence-electron chi connectivity index (χ0n) is 11.9. The largest absolute Gasteiger partial charge is 0.321 e. The van der Waals surface area contributed by atoms with Crippen molar-refractivity contribution in [2.45, 2.75) is 37.6 Å². The van der Waals surface area contributed by atoms with Crippen molar-refractivity contribution in [2.75, 3.05) is 0 Å². The van der Waals surface area contributed by atoms with E-state index in [1.807, 2.05) is 12.1 Å². The molecule has 0 amide bonds. The molecule has 1 aliphatic rings. The normalized spacial score (nSPS) is 21.7. The minimum atomic E-state index is -0.515. The van der Waals surface area contributed by atoms with Gasteiger partial charge >= 0.3 is 0 Å². The Balaban J connectivity index is 2.02. The lowest BCUT2D eigenvalue weighted by Gasteiger charge is -2.31. The van der Waals surface area contributed by atoms with Crippen LogP contribution < -0.4 is 5.73 Å². The summed E-state index contributed by atoms with van der Waals surface area (Å²) in [5.74, 6) is -0.342. The Morgan fingerprint density at radius 2 is 1.90 bits per heavy atom. The van der Waals surface area contributed by atoms with Gasteiger partial charge in [0.2, 0.25) is 0 Å². The number of rotatable bonds is 2. The second-order valence-corrected chi connectivity index (χ2v) is 6.32. The zero-order valence-corrected chi connectivity index (χ0v) is 12.7. The van der Waals surface area contributed by atoms with Crippen molar-refractivity contribution in [3.05, 3.63) is 70.0 Å². The van der Waals surface area contributed by atoms with E-state index in [0.717, 1.165) is 31.2 Å². The fourth-order valence-electron chi connectivity index (χ4n) is 3.32. The van der Waals surface area contributed by atoms with Crippen molar-refractivity contribution in [1.29, 1.82) is 0 Å². The van der Waals surface area contributed by atoms with Crippen molar-refractivity contribution in [2.24, 2.45) is 5.73 Å². The maximum atomic E-state index is 14.2. The lowest BCUT2D eigenvalue weighted by Crippen LogP contribution is -2.39. The lowest BCUT2D eigenvalue weighted by molar-refractivity contribution is 0.392. The number of benzene rings is 2. The van der Waals surface area contributed by atoms with E-state index in [9.17, 15) is 4.39 Å². The maximum Gasteiger partial charge on any atom is 0.145 e. The van der Waals surface area contributed by atoms with Crippen LogP contribution in [0.2, 0.25) is 5.02 Å². The highest BCUT2D eigenvalue weighted by atomic mass is 35.5. The van der Waals surface area contributed by atoms with Gasteiger partial charge in [-0.15, -0.1) is 0 Å². The molecule has 0 aromatic heterocycles. The predicted octanol–water partition coefficient (Wildman–Crippen LogP) is 4.60. The third-order valence-electron chi connectivity index (χ3n) is 4.41. The molecule has 1 unspecified atom stereocenters. The van der Waals surface area contributed by atoms with Crippen LogP contribution in [0, 0.1) is 5.82 Å². The van der Waals surface area contributed by atoms with Crippen LogP contribution in [0.5, 0.6) is 0 Å². The van der Waals surface area contributed by atoms with E-state index in [-0.39, 0.29) is 10.8 Å². The van der Waals surface area contributed by atoms with Crippen molar-refractivity contribution in [3.63, 3.8) is 0 Å². The highest BCUT2D eigenvalue weighted by Gasteiger charge is 2.32. The molecule has 0 radical (unpaired) electrons. The summed E-state index contributed by atoms with van der Waals surface area (Å²) in [7, 11) is 0. The highest BCUT2D eigenvalue weighted by molar-refractivity contribution is 6.30. The van der Waals surface area contributed by atoms with Crippen molar-refractivity contribution < 1.29 is 4.39 Å². The average molecular weight is 304 g/mol. The van der Waals surface area contributed by atoms with Crippen LogP contribution in [-0.2, 0) is 18.4 Å². The van der Waals surface area contributed by atoms with E-state index in [2.05, 4.69) is 12.1 Å². The van der Waals surface area contributed by atoms with Gasteiger partial charge in [-0.3, -0.25) is 0 Å². The molecule has 2 aromatic carbocycles. The van der Waals surface area contributed by atoms with E-state index in [1.165, 1.54) is 5.56 Å². The third kappa shape index (κ3) is 2.83. The molecule has 3 heteroatoms. The molecule has 2 N–H and O–H groups in total. The van der Waals surface area contributed by atoms with Crippen LogP contribution in [0.15, 0.2) is 42.5 Å². The predicted molar refractivity (Wildman–Crippen MR) is 85.0 cm³/mol. The van der Waals surface area contributed by atoms with Crippen molar-refractivity contribution >= 4 is 11.6 Å². The van der Waals surface area contributed by atoms with Gasteiger partial charge in [-0.05, 0) is 48.4 Å². The molecule has 1 nitrogen and oxygen atoms in total. The molecule has 0 aliphatic heterocycles. The van der Waals surface area contributed by atoms with Gasteiger partial charge in [-0.2, -0.15) is 0 Å². The van der Waals surface area contributed by atoms with E-state index in [0.29, 0.717) is 12.0 Å². The smallest absolute Gasteiger partial charge is 0.145 e. The summed E-state index contributed by atoms with van der Waals surface area (Å²) < 4.78 is 14.2. The molecule has 0 spiro atoms. The first-order valence-electron chi connectivity index (χ1n) is 7.40. The number of hydrogen-bond acceptors (Lipinski definition) is 1. The number of fused-ring (bicyclic) bond motifs is 1. The van der Waals surface area contributed by atoms with Crippen molar-refractivity contribution in [1.82, 2.24) is 0 Å². The van der Waals surface area contributed by atoms with Gasteiger partial charge in [0.05, 0.1) is 5.02 Å². The standard InChI is InChI=1S/C18H19ClFN/c19-16-10-5-8-14(17(16)20)12-18(21)11-4-3-7-13-6-1-2-9-15(13)18/h1-2,5-6,8-10H,3-4,7,11-12,21H2. The van der Waals surface area contributed by atoms with Gasteiger partial charge in [-0.25, -0.2) is 4.39 Å². The van der Waals surface area contributed by atoms with E-state index >= 15 is 0 Å². The Hall–Kier alpha value is -1.38. The molecule has 0 fully saturated rings. The second kappa shape index (κ2) is 5.78. The number of halogens is 2. The third-order valence-corrected chi connectivity index (χ3v) is 4.70. The number of nitrogens with two attached hydrogens (primary N) is 1. The van der Waals surface area contributed by atoms with Crippen LogP contribution in [0.25, 0.3) is 0 Å². The molecule has 21 heavy (non-hydrogen) atoms. The van der Waals surface area contributed by atoms with Gasteiger partial charge in [-0.1, -0.05) is 54.4 Å². The molecule has 0 saturated heterocycles. The first-order valence-corrected chi connectivity index (χ1v) is 7.78. The first kappa shape index (κ1) is 14.6. The quantitative estimate of drug-likeness (QED) is 0.806. The summed E-state index contributed by atoms with van der Waals surface area (Å²) in [5, 5.41) is 0.165.